The molecule has 0 spiro atoms. The van der Waals surface area contributed by atoms with Crippen LogP contribution < -0.4 is 68.9 Å². The van der Waals surface area contributed by atoms with Gasteiger partial charge in [0.05, 0.1) is 12.7 Å². The van der Waals surface area contributed by atoms with Crippen molar-refractivity contribution >= 4 is 8.60 Å². The Labute approximate surface area is 137 Å². The molecular weight excluding hydrogens is 237 g/mol. The van der Waals surface area contributed by atoms with Gasteiger partial charge in [0.2, 0.25) is 0 Å². The van der Waals surface area contributed by atoms with Crippen LogP contribution in [0.2, 0.25) is 0 Å². The Balaban J connectivity index is -0.000000720. The van der Waals surface area contributed by atoms with Gasteiger partial charge in [0, 0.05) is 5.92 Å². The van der Waals surface area contributed by atoms with Crippen LogP contribution in [0.15, 0.2) is 0 Å². The third-order valence-electron chi connectivity index (χ3n) is 2.05. The molecule has 0 amide bonds. The van der Waals surface area contributed by atoms with Crippen molar-refractivity contribution in [3.05, 3.63) is 0 Å². The molecule has 0 aliphatic rings. The van der Waals surface area contributed by atoms with Crippen LogP contribution in [-0.2, 0) is 4.52 Å². The summed E-state index contributed by atoms with van der Waals surface area (Å²) in [5.74, 6) is -0.0761. The first-order valence-corrected chi connectivity index (χ1v) is 5.66. The summed E-state index contributed by atoms with van der Waals surface area (Å²) in [6, 6.07) is 0. The van der Waals surface area contributed by atoms with Crippen LogP contribution in [0.4, 0.5) is 0 Å². The van der Waals surface area contributed by atoms with E-state index < -0.39 is 14.7 Å². The quantitative estimate of drug-likeness (QED) is 0.363. The molecule has 0 fully saturated rings. The standard InChI is InChI=1S/C8H17O4P.2Na/c1-3-5-8(9)7(4-2)6-12-13(10)11;;/h7-9H,3-6H2,1-2H3;;/q-2;2*+1. The molecule has 0 aromatic carbocycles. The van der Waals surface area contributed by atoms with Gasteiger partial charge in [-0.3, -0.25) is 0 Å². The Bertz CT molecular complexity index is 129. The predicted molar refractivity (Wildman–Crippen MR) is 47.6 cm³/mol. The van der Waals surface area contributed by atoms with E-state index in [2.05, 4.69) is 4.52 Å². The van der Waals surface area contributed by atoms with Gasteiger partial charge in [-0.2, -0.15) is 8.60 Å². The molecule has 80 valence electrons. The van der Waals surface area contributed by atoms with E-state index in [9.17, 15) is 14.9 Å². The van der Waals surface area contributed by atoms with Gasteiger partial charge in [0.1, 0.15) is 0 Å². The van der Waals surface area contributed by atoms with Crippen LogP contribution >= 0.6 is 8.60 Å². The van der Waals surface area contributed by atoms with E-state index in [1.54, 1.807) is 0 Å². The van der Waals surface area contributed by atoms with Crippen LogP contribution in [0.3, 0.4) is 0 Å². The van der Waals surface area contributed by atoms with Gasteiger partial charge in [0.25, 0.3) is 0 Å². The van der Waals surface area contributed by atoms with E-state index in [4.69, 9.17) is 0 Å². The average molecular weight is 254 g/mol. The maximum atomic E-state index is 10.1. The van der Waals surface area contributed by atoms with E-state index >= 15 is 0 Å². The van der Waals surface area contributed by atoms with Crippen LogP contribution in [0.1, 0.15) is 33.1 Å². The minimum absolute atomic E-state index is 0. The van der Waals surface area contributed by atoms with Crippen molar-refractivity contribution in [1.82, 2.24) is 0 Å². The molecule has 1 N–H and O–H groups in total. The monoisotopic (exact) mass is 254 g/mol. The van der Waals surface area contributed by atoms with Gasteiger partial charge in [0.15, 0.2) is 0 Å². The van der Waals surface area contributed by atoms with Gasteiger partial charge in [-0.1, -0.05) is 20.3 Å². The Morgan fingerprint density at radius 1 is 1.27 bits per heavy atom. The molecule has 0 radical (unpaired) electrons. The summed E-state index contributed by atoms with van der Waals surface area (Å²) in [6.07, 6.45) is 1.85. The Morgan fingerprint density at radius 2 is 1.80 bits per heavy atom. The zero-order valence-electron chi connectivity index (χ0n) is 10.1. The number of rotatable bonds is 7. The summed E-state index contributed by atoms with van der Waals surface area (Å²) < 4.78 is 4.46. The number of hydrogen-bond donors (Lipinski definition) is 1. The normalized spacial score (nSPS) is 14.0. The molecular formula is C8H17Na2O4P. The van der Waals surface area contributed by atoms with E-state index in [1.165, 1.54) is 0 Å². The Morgan fingerprint density at radius 3 is 2.13 bits per heavy atom. The summed E-state index contributed by atoms with van der Waals surface area (Å²) >= 11 is 0. The minimum atomic E-state index is -2.78. The number of aliphatic hydroxyl groups excluding tert-OH is 1. The first-order valence-electron chi connectivity index (χ1n) is 4.57. The molecule has 0 saturated carbocycles. The molecule has 0 rings (SSSR count). The maximum absolute atomic E-state index is 10.1. The molecule has 0 aliphatic carbocycles. The summed E-state index contributed by atoms with van der Waals surface area (Å²) in [5, 5.41) is 9.54. The second-order valence-electron chi connectivity index (χ2n) is 3.04. The van der Waals surface area contributed by atoms with Crippen LogP contribution in [0, 0.1) is 5.92 Å². The van der Waals surface area contributed by atoms with Gasteiger partial charge >= 0.3 is 59.1 Å². The summed E-state index contributed by atoms with van der Waals surface area (Å²) in [5.41, 5.74) is 0. The van der Waals surface area contributed by atoms with Crippen molar-refractivity contribution in [2.24, 2.45) is 5.92 Å². The van der Waals surface area contributed by atoms with E-state index in [0.717, 1.165) is 12.8 Å². The summed E-state index contributed by atoms with van der Waals surface area (Å²) in [4.78, 5) is 20.3. The van der Waals surface area contributed by atoms with E-state index in [1.807, 2.05) is 13.8 Å². The molecule has 0 aromatic heterocycles. The van der Waals surface area contributed by atoms with Gasteiger partial charge < -0.3 is 19.4 Å². The predicted octanol–water partition coefficient (Wildman–Crippen LogP) is -5.85. The molecule has 0 aromatic rings. The van der Waals surface area contributed by atoms with Crippen LogP contribution in [-0.4, -0.2) is 17.8 Å². The van der Waals surface area contributed by atoms with Crippen LogP contribution in [0.5, 0.6) is 0 Å². The van der Waals surface area contributed by atoms with Crippen molar-refractivity contribution in [2.45, 2.75) is 39.2 Å². The average Bonchev–Trinajstić information content (AvgIpc) is 2.05. The van der Waals surface area contributed by atoms with Crippen molar-refractivity contribution in [2.75, 3.05) is 6.61 Å². The summed E-state index contributed by atoms with van der Waals surface area (Å²) in [6.45, 7) is 3.98. The van der Waals surface area contributed by atoms with Crippen molar-refractivity contribution in [3.8, 4) is 0 Å². The van der Waals surface area contributed by atoms with Crippen molar-refractivity contribution < 1.29 is 78.5 Å². The zero-order chi connectivity index (χ0) is 10.3. The molecule has 7 heteroatoms. The molecule has 0 bridgehead atoms. The Hall–Kier alpha value is 2.27. The molecule has 15 heavy (non-hydrogen) atoms. The second-order valence-corrected chi connectivity index (χ2v) is 3.75. The molecule has 0 saturated heterocycles. The smallest absolute Gasteiger partial charge is 0.820 e. The Kier molecular flexibility index (Phi) is 21.4. The van der Waals surface area contributed by atoms with Gasteiger partial charge in [-0.05, 0) is 12.8 Å². The SMILES string of the molecule is CCCC(O)C(CC)COP([O-])[O-].[Na+].[Na+]. The van der Waals surface area contributed by atoms with E-state index in [-0.39, 0.29) is 71.6 Å². The van der Waals surface area contributed by atoms with E-state index in [0.29, 0.717) is 6.42 Å². The fraction of sp³-hybridized carbons (Fsp3) is 1.00. The first kappa shape index (κ1) is 22.5. The second kappa shape index (κ2) is 14.3. The molecule has 2 atom stereocenters. The van der Waals surface area contributed by atoms with Crippen molar-refractivity contribution in [1.29, 1.82) is 0 Å². The third-order valence-corrected chi connectivity index (χ3v) is 2.41. The fourth-order valence-electron chi connectivity index (χ4n) is 1.19. The molecule has 4 nitrogen and oxygen atoms in total. The molecule has 0 aliphatic heterocycles. The van der Waals surface area contributed by atoms with Crippen LogP contribution in [0.25, 0.3) is 0 Å². The van der Waals surface area contributed by atoms with Gasteiger partial charge in [-0.25, -0.2) is 0 Å². The molecule has 0 heterocycles. The first-order chi connectivity index (χ1) is 6.11. The summed E-state index contributed by atoms with van der Waals surface area (Å²) in [7, 11) is -2.78. The minimum Gasteiger partial charge on any atom is -0.820 e. The molecule has 2 unspecified atom stereocenters. The van der Waals surface area contributed by atoms with Gasteiger partial charge in [-0.15, -0.1) is 0 Å². The number of hydrogen-bond acceptors (Lipinski definition) is 4. The zero-order valence-corrected chi connectivity index (χ0v) is 15.0. The fourth-order valence-corrected chi connectivity index (χ4v) is 1.50. The largest absolute Gasteiger partial charge is 1.00 e. The topological polar surface area (TPSA) is 75.6 Å². The third kappa shape index (κ3) is 12.5. The number of aliphatic hydroxyl groups is 1. The van der Waals surface area contributed by atoms with Crippen molar-refractivity contribution in [3.63, 3.8) is 0 Å². The maximum Gasteiger partial charge on any atom is 1.00 e.